The van der Waals surface area contributed by atoms with E-state index >= 15 is 0 Å². The third kappa shape index (κ3) is 6.58. The van der Waals surface area contributed by atoms with Gasteiger partial charge in [0.1, 0.15) is 0 Å². The monoisotopic (exact) mass is 512 g/mol. The van der Waals surface area contributed by atoms with Crippen LogP contribution in [0.1, 0.15) is 51.9 Å². The molecule has 0 amide bonds. The van der Waals surface area contributed by atoms with E-state index < -0.39 is 14.7 Å². The summed E-state index contributed by atoms with van der Waals surface area (Å²) in [6.45, 7) is -1.85. The first kappa shape index (κ1) is 27.5. The molecule has 3 rings (SSSR count). The van der Waals surface area contributed by atoms with Gasteiger partial charge in [0.2, 0.25) is 0 Å². The molecule has 0 aliphatic rings. The zero-order valence-corrected chi connectivity index (χ0v) is 22.4. The minimum atomic E-state index is -4.90. The van der Waals surface area contributed by atoms with E-state index in [1.165, 1.54) is 32.1 Å². The maximum absolute atomic E-state index is 12.7. The second-order valence-electron chi connectivity index (χ2n) is 9.00. The van der Waals surface area contributed by atoms with Crippen LogP contribution in [-0.4, -0.2) is 15.9 Å². The Hall–Kier alpha value is -2.06. The third-order valence-electron chi connectivity index (χ3n) is 6.54. The van der Waals surface area contributed by atoms with Crippen LogP contribution in [0.3, 0.4) is 0 Å². The molecule has 188 valence electrons. The average Bonchev–Trinajstić information content (AvgIpc) is 2.88. The van der Waals surface area contributed by atoms with Gasteiger partial charge in [-0.2, -0.15) is 0 Å². The van der Waals surface area contributed by atoms with Crippen molar-refractivity contribution in [3.8, 4) is 0 Å². The fraction of sp³-hybridized carbons (Fsp3) is 0.310. The van der Waals surface area contributed by atoms with Crippen molar-refractivity contribution < 1.29 is 18.7 Å². The van der Waals surface area contributed by atoms with E-state index in [9.17, 15) is 14.4 Å². The molecular formula is C29H38O4P2. The predicted octanol–water partition coefficient (Wildman–Crippen LogP) is 6.85. The van der Waals surface area contributed by atoms with E-state index in [0.717, 1.165) is 28.8 Å². The summed E-state index contributed by atoms with van der Waals surface area (Å²) in [4.78, 5) is 20.7. The Labute approximate surface area is 210 Å². The molecule has 0 aliphatic carbocycles. The molecule has 0 aromatic heterocycles. The molecule has 0 heterocycles. The van der Waals surface area contributed by atoms with Crippen molar-refractivity contribution in [2.45, 2.75) is 51.9 Å². The molecule has 0 saturated carbocycles. The normalized spacial score (nSPS) is 13.5. The molecule has 0 fully saturated rings. The number of rotatable bonds is 14. The molecule has 0 bridgehead atoms. The Morgan fingerprint density at radius 1 is 0.686 bits per heavy atom. The summed E-state index contributed by atoms with van der Waals surface area (Å²) in [7, 11) is -4.90. The molecular weight excluding hydrogens is 474 g/mol. The van der Waals surface area contributed by atoms with E-state index in [4.69, 9.17) is 4.31 Å². The Morgan fingerprint density at radius 2 is 1.11 bits per heavy atom. The van der Waals surface area contributed by atoms with Crippen LogP contribution in [0.4, 0.5) is 0 Å². The Bertz CT molecular complexity index is 996. The van der Waals surface area contributed by atoms with Gasteiger partial charge in [-0.05, 0) is 0 Å². The fourth-order valence-corrected chi connectivity index (χ4v) is 12.6. The van der Waals surface area contributed by atoms with E-state index in [-0.39, 0.29) is 0 Å². The minimum absolute atomic E-state index is 0.366. The van der Waals surface area contributed by atoms with Crippen LogP contribution in [0.25, 0.3) is 0 Å². The number of unbranched alkanes of at least 4 members (excludes halogenated alkanes) is 6. The van der Waals surface area contributed by atoms with Crippen molar-refractivity contribution in [3.63, 3.8) is 0 Å². The number of hydrogen-bond donors (Lipinski definition) is 2. The summed E-state index contributed by atoms with van der Waals surface area (Å²) in [5, 5.41) is 2.38. The van der Waals surface area contributed by atoms with Gasteiger partial charge in [-0.25, -0.2) is 0 Å². The maximum atomic E-state index is 12.7. The van der Waals surface area contributed by atoms with Crippen LogP contribution in [-0.2, 0) is 8.88 Å². The van der Waals surface area contributed by atoms with Gasteiger partial charge in [0.15, 0.2) is 0 Å². The van der Waals surface area contributed by atoms with E-state index in [1.54, 1.807) is 0 Å². The van der Waals surface area contributed by atoms with Gasteiger partial charge < -0.3 is 0 Å². The van der Waals surface area contributed by atoms with Crippen LogP contribution in [0.5, 0.6) is 0 Å². The van der Waals surface area contributed by atoms with Crippen LogP contribution >= 0.6 is 14.7 Å². The van der Waals surface area contributed by atoms with Crippen molar-refractivity contribution in [1.82, 2.24) is 0 Å². The van der Waals surface area contributed by atoms with Crippen molar-refractivity contribution in [3.05, 3.63) is 103 Å². The molecule has 0 spiro atoms. The first-order valence-corrected chi connectivity index (χ1v) is 16.4. The number of phosphoric acid groups is 1. The van der Waals surface area contributed by atoms with Gasteiger partial charge in [-0.1, -0.05) is 0 Å². The van der Waals surface area contributed by atoms with Crippen molar-refractivity contribution in [2.75, 3.05) is 6.16 Å². The van der Waals surface area contributed by atoms with Crippen molar-refractivity contribution >= 4 is 30.6 Å². The van der Waals surface area contributed by atoms with Crippen molar-refractivity contribution in [1.29, 1.82) is 0 Å². The van der Waals surface area contributed by atoms with Crippen LogP contribution < -0.4 is 15.9 Å². The van der Waals surface area contributed by atoms with Gasteiger partial charge in [-0.15, -0.1) is 0 Å². The second kappa shape index (κ2) is 12.8. The first-order valence-electron chi connectivity index (χ1n) is 12.5. The topological polar surface area (TPSA) is 66.8 Å². The standard InChI is InChI=1S/C29H38O4P2/c1-2-3-4-5-6-7-8-9-19-26-35(33-34(30,31)32,27-20-13-10-14-21-27,28-22-15-11-16-23-28)29-24-17-12-18-25-29/h9-25H,2-8,26H2,1H3,(H2,30,31,32). The molecule has 0 atom stereocenters. The molecule has 0 aliphatic heterocycles. The Balaban J connectivity index is 2.12. The summed E-state index contributed by atoms with van der Waals surface area (Å²) in [5.74, 6) is 0. The number of hydrogen-bond acceptors (Lipinski definition) is 2. The average molecular weight is 513 g/mol. The Kier molecular flexibility index (Phi) is 10.0. The quantitative estimate of drug-likeness (QED) is 0.141. The fourth-order valence-electron chi connectivity index (χ4n) is 4.84. The van der Waals surface area contributed by atoms with Gasteiger partial charge in [0, 0.05) is 0 Å². The molecule has 6 heteroatoms. The van der Waals surface area contributed by atoms with Gasteiger partial charge in [-0.3, -0.25) is 0 Å². The zero-order valence-electron chi connectivity index (χ0n) is 20.6. The molecule has 3 aromatic rings. The van der Waals surface area contributed by atoms with E-state index in [1.807, 2.05) is 91.0 Å². The van der Waals surface area contributed by atoms with Crippen LogP contribution in [0.15, 0.2) is 103 Å². The van der Waals surface area contributed by atoms with Crippen molar-refractivity contribution in [2.24, 2.45) is 0 Å². The van der Waals surface area contributed by atoms with Gasteiger partial charge in [0.05, 0.1) is 0 Å². The van der Waals surface area contributed by atoms with Crippen LogP contribution in [0, 0.1) is 0 Å². The summed E-state index contributed by atoms with van der Waals surface area (Å²) in [6, 6.07) is 28.8. The van der Waals surface area contributed by atoms with Crippen LogP contribution in [0.2, 0.25) is 0 Å². The summed E-state index contributed by atoms with van der Waals surface area (Å²) in [6.07, 6.45) is 12.9. The summed E-state index contributed by atoms with van der Waals surface area (Å²) >= 11 is 0. The molecule has 0 saturated heterocycles. The zero-order chi connectivity index (χ0) is 25.1. The SMILES string of the molecule is CCCCCCCCC=CCP(OP(=O)(O)O)(c1ccccc1)(c1ccccc1)c1ccccc1. The molecule has 3 aromatic carbocycles. The number of benzene rings is 3. The first-order chi connectivity index (χ1) is 16.9. The Morgan fingerprint density at radius 3 is 1.54 bits per heavy atom. The predicted molar refractivity (Wildman–Crippen MR) is 150 cm³/mol. The van der Waals surface area contributed by atoms with Gasteiger partial charge in [0.25, 0.3) is 0 Å². The third-order valence-corrected chi connectivity index (χ3v) is 13.9. The molecule has 2 N–H and O–H groups in total. The van der Waals surface area contributed by atoms with E-state index in [2.05, 4.69) is 19.1 Å². The summed E-state index contributed by atoms with van der Waals surface area (Å²) in [5.41, 5.74) is 0. The van der Waals surface area contributed by atoms with Gasteiger partial charge >= 0.3 is 210 Å². The van der Waals surface area contributed by atoms with E-state index in [0.29, 0.717) is 6.16 Å². The second-order valence-corrected chi connectivity index (χ2v) is 15.0. The molecule has 4 nitrogen and oxygen atoms in total. The summed E-state index contributed by atoms with van der Waals surface area (Å²) < 4.78 is 18.9. The number of allylic oxidation sites excluding steroid dienone is 2. The molecule has 0 radical (unpaired) electrons. The molecule has 0 unspecified atom stereocenters. The molecule has 35 heavy (non-hydrogen) atoms.